The number of nitrogens with one attached hydrogen (secondary N) is 1. The van der Waals surface area contributed by atoms with Gasteiger partial charge in [-0.2, -0.15) is 0 Å². The minimum Gasteiger partial charge on any atom is -0.350 e. The summed E-state index contributed by atoms with van der Waals surface area (Å²) in [5, 5.41) is 3.04. The van der Waals surface area contributed by atoms with Gasteiger partial charge in [0.25, 0.3) is 5.91 Å². The van der Waals surface area contributed by atoms with E-state index in [-0.39, 0.29) is 11.9 Å². The summed E-state index contributed by atoms with van der Waals surface area (Å²) in [5.41, 5.74) is 6.88. The molecule has 0 aliphatic heterocycles. The molecule has 1 amide bonds. The molecule has 0 heterocycles. The maximum Gasteiger partial charge on any atom is 0.251 e. The zero-order valence-corrected chi connectivity index (χ0v) is 13.3. The van der Waals surface area contributed by atoms with Crippen molar-refractivity contribution in [2.45, 2.75) is 46.1 Å². The van der Waals surface area contributed by atoms with Crippen LogP contribution in [0.15, 0.2) is 24.3 Å². The zero-order chi connectivity index (χ0) is 15.7. The van der Waals surface area contributed by atoms with Crippen LogP contribution in [0.1, 0.15) is 56.0 Å². The van der Waals surface area contributed by atoms with Gasteiger partial charge < -0.3 is 11.1 Å². The lowest BCUT2D eigenvalue weighted by Gasteiger charge is -2.14. The number of hydrogen-bond acceptors (Lipinski definition) is 2. The van der Waals surface area contributed by atoms with Gasteiger partial charge in [0.15, 0.2) is 0 Å². The summed E-state index contributed by atoms with van der Waals surface area (Å²) in [5.74, 6) is 6.43. The number of carbonyl (C=O) groups is 1. The molecular weight excluding hydrogens is 260 g/mol. The fraction of sp³-hybridized carbons (Fsp3) is 0.500. The van der Waals surface area contributed by atoms with Crippen LogP contribution in [0, 0.1) is 17.8 Å². The van der Waals surface area contributed by atoms with Gasteiger partial charge in [-0.15, -0.1) is 0 Å². The summed E-state index contributed by atoms with van der Waals surface area (Å²) in [6.07, 6.45) is 3.37. The Morgan fingerprint density at radius 1 is 1.19 bits per heavy atom. The van der Waals surface area contributed by atoms with Crippen molar-refractivity contribution >= 4 is 5.91 Å². The average molecular weight is 286 g/mol. The summed E-state index contributed by atoms with van der Waals surface area (Å²) in [6.45, 7) is 6.84. The number of amides is 1. The highest BCUT2D eigenvalue weighted by Gasteiger charge is 2.09. The van der Waals surface area contributed by atoms with E-state index in [0.29, 0.717) is 12.1 Å². The van der Waals surface area contributed by atoms with Crippen LogP contribution in [-0.2, 0) is 0 Å². The van der Waals surface area contributed by atoms with Crippen molar-refractivity contribution in [3.63, 3.8) is 0 Å². The molecule has 1 rings (SSSR count). The third kappa shape index (κ3) is 6.97. The van der Waals surface area contributed by atoms with Crippen LogP contribution in [0.3, 0.4) is 0 Å². The molecule has 1 aromatic rings. The van der Waals surface area contributed by atoms with Crippen molar-refractivity contribution in [3.05, 3.63) is 35.4 Å². The first-order valence-electron chi connectivity index (χ1n) is 7.62. The number of carbonyl (C=O) groups excluding carboxylic acids is 1. The van der Waals surface area contributed by atoms with E-state index in [0.717, 1.165) is 24.3 Å². The standard InChI is InChI=1S/C18H26N2O/c1-14(2)6-4-7-15(3)20-18(21)17-11-9-16(10-12-17)8-5-13-19/h9-12,14-15H,4,6-7,13,19H2,1-3H3,(H,20,21). The lowest BCUT2D eigenvalue weighted by atomic mass is 10.0. The Morgan fingerprint density at radius 2 is 1.86 bits per heavy atom. The molecule has 1 aromatic carbocycles. The predicted octanol–water partition coefficient (Wildman–Crippen LogP) is 2.94. The fourth-order valence-corrected chi connectivity index (χ4v) is 2.07. The highest BCUT2D eigenvalue weighted by Crippen LogP contribution is 2.09. The predicted molar refractivity (Wildman–Crippen MR) is 88.0 cm³/mol. The number of nitrogens with two attached hydrogens (primary N) is 1. The minimum atomic E-state index is -0.0228. The second-order valence-corrected chi connectivity index (χ2v) is 5.78. The largest absolute Gasteiger partial charge is 0.350 e. The van der Waals surface area contributed by atoms with Crippen molar-refractivity contribution in [1.82, 2.24) is 5.32 Å². The van der Waals surface area contributed by atoms with E-state index in [2.05, 4.69) is 37.9 Å². The van der Waals surface area contributed by atoms with Gasteiger partial charge in [0.1, 0.15) is 0 Å². The van der Waals surface area contributed by atoms with Gasteiger partial charge in [0.05, 0.1) is 6.54 Å². The van der Waals surface area contributed by atoms with Crippen LogP contribution in [0.2, 0.25) is 0 Å². The minimum absolute atomic E-state index is 0.0228. The maximum absolute atomic E-state index is 12.1. The Bertz CT molecular complexity index is 494. The van der Waals surface area contributed by atoms with E-state index in [1.165, 1.54) is 6.42 Å². The molecule has 21 heavy (non-hydrogen) atoms. The summed E-state index contributed by atoms with van der Waals surface area (Å²) >= 11 is 0. The molecule has 0 spiro atoms. The first kappa shape index (κ1) is 17.3. The van der Waals surface area contributed by atoms with Gasteiger partial charge in [0.2, 0.25) is 0 Å². The van der Waals surface area contributed by atoms with Crippen LogP contribution in [0.5, 0.6) is 0 Å². The Hall–Kier alpha value is -1.79. The van der Waals surface area contributed by atoms with Gasteiger partial charge in [-0.05, 0) is 43.5 Å². The summed E-state index contributed by atoms with van der Waals surface area (Å²) in [4.78, 5) is 12.1. The van der Waals surface area contributed by atoms with Crippen molar-refractivity contribution in [1.29, 1.82) is 0 Å². The van der Waals surface area contributed by atoms with Crippen molar-refractivity contribution in [3.8, 4) is 11.8 Å². The van der Waals surface area contributed by atoms with Gasteiger partial charge in [-0.3, -0.25) is 4.79 Å². The molecule has 3 heteroatoms. The fourth-order valence-electron chi connectivity index (χ4n) is 2.07. The summed E-state index contributed by atoms with van der Waals surface area (Å²) in [7, 11) is 0. The van der Waals surface area contributed by atoms with Crippen molar-refractivity contribution in [2.24, 2.45) is 11.7 Å². The molecule has 0 radical (unpaired) electrons. The molecule has 3 N–H and O–H groups in total. The first-order valence-corrected chi connectivity index (χ1v) is 7.62. The third-order valence-electron chi connectivity index (χ3n) is 3.28. The molecule has 114 valence electrons. The molecule has 0 saturated heterocycles. The quantitative estimate of drug-likeness (QED) is 0.790. The highest BCUT2D eigenvalue weighted by molar-refractivity contribution is 5.94. The Kier molecular flexibility index (Phi) is 7.56. The monoisotopic (exact) mass is 286 g/mol. The van der Waals surface area contributed by atoms with Gasteiger partial charge >= 0.3 is 0 Å². The molecule has 0 aromatic heterocycles. The molecular formula is C18H26N2O. The Labute approximate surface area is 128 Å². The van der Waals surface area contributed by atoms with E-state index < -0.39 is 0 Å². The maximum atomic E-state index is 12.1. The molecule has 1 atom stereocenters. The van der Waals surface area contributed by atoms with E-state index in [1.54, 1.807) is 12.1 Å². The zero-order valence-electron chi connectivity index (χ0n) is 13.3. The van der Waals surface area contributed by atoms with Gasteiger partial charge in [0, 0.05) is 17.2 Å². The lowest BCUT2D eigenvalue weighted by molar-refractivity contribution is 0.0938. The normalized spacial score (nSPS) is 11.7. The van der Waals surface area contributed by atoms with E-state index >= 15 is 0 Å². The third-order valence-corrected chi connectivity index (χ3v) is 3.28. The van der Waals surface area contributed by atoms with Crippen LogP contribution < -0.4 is 11.1 Å². The number of benzene rings is 1. The molecule has 1 unspecified atom stereocenters. The molecule has 0 fully saturated rings. The van der Waals surface area contributed by atoms with E-state index in [9.17, 15) is 4.79 Å². The molecule has 0 saturated carbocycles. The van der Waals surface area contributed by atoms with Gasteiger partial charge in [-0.1, -0.05) is 38.5 Å². The lowest BCUT2D eigenvalue weighted by Crippen LogP contribution is -2.32. The van der Waals surface area contributed by atoms with Crippen LogP contribution in [0.25, 0.3) is 0 Å². The van der Waals surface area contributed by atoms with Crippen molar-refractivity contribution < 1.29 is 4.79 Å². The second kappa shape index (κ2) is 9.20. The van der Waals surface area contributed by atoms with Crippen LogP contribution in [-0.4, -0.2) is 18.5 Å². The Morgan fingerprint density at radius 3 is 2.43 bits per heavy atom. The van der Waals surface area contributed by atoms with E-state index in [1.807, 2.05) is 12.1 Å². The van der Waals surface area contributed by atoms with Crippen LogP contribution in [0.4, 0.5) is 0 Å². The average Bonchev–Trinajstić information content (AvgIpc) is 2.45. The van der Waals surface area contributed by atoms with Crippen LogP contribution >= 0.6 is 0 Å². The van der Waals surface area contributed by atoms with Crippen molar-refractivity contribution in [2.75, 3.05) is 6.54 Å². The first-order chi connectivity index (χ1) is 10.0. The van der Waals surface area contributed by atoms with Gasteiger partial charge in [-0.25, -0.2) is 0 Å². The Balaban J connectivity index is 2.47. The molecule has 0 aliphatic carbocycles. The summed E-state index contributed by atoms with van der Waals surface area (Å²) < 4.78 is 0. The molecule has 3 nitrogen and oxygen atoms in total. The smallest absolute Gasteiger partial charge is 0.251 e. The van der Waals surface area contributed by atoms with E-state index in [4.69, 9.17) is 5.73 Å². The molecule has 0 bridgehead atoms. The highest BCUT2D eigenvalue weighted by atomic mass is 16.1. The number of hydrogen-bond donors (Lipinski definition) is 2. The second-order valence-electron chi connectivity index (χ2n) is 5.78. The SMILES string of the molecule is CC(C)CCCC(C)NC(=O)c1ccc(C#CCN)cc1. The number of rotatable bonds is 6. The molecule has 0 aliphatic rings. The summed E-state index contributed by atoms with van der Waals surface area (Å²) in [6, 6.07) is 7.50. The topological polar surface area (TPSA) is 55.1 Å².